The van der Waals surface area contributed by atoms with Gasteiger partial charge in [0.05, 0.1) is 0 Å². The van der Waals surface area contributed by atoms with Gasteiger partial charge >= 0.3 is 0 Å². The van der Waals surface area contributed by atoms with Crippen molar-refractivity contribution in [1.82, 2.24) is 0 Å². The highest BCUT2D eigenvalue weighted by Gasteiger charge is 2.06. The maximum Gasteiger partial charge on any atom is 0.0422 e. The first kappa shape index (κ1) is 9.71. The molecule has 12 heavy (non-hydrogen) atoms. The van der Waals surface area contributed by atoms with Gasteiger partial charge in [-0.25, -0.2) is 0 Å². The Kier molecular flexibility index (Phi) is 3.26. The van der Waals surface area contributed by atoms with E-state index in [0.717, 1.165) is 10.0 Å². The van der Waals surface area contributed by atoms with Gasteiger partial charge in [0.25, 0.3) is 0 Å². The van der Waals surface area contributed by atoms with E-state index in [9.17, 15) is 0 Å². The molecular formula is C9H13BrN2. The lowest BCUT2D eigenvalue weighted by atomic mass is 10.0. The fourth-order valence-corrected chi connectivity index (χ4v) is 1.66. The van der Waals surface area contributed by atoms with Crippen LogP contribution in [0.1, 0.15) is 17.2 Å². The van der Waals surface area contributed by atoms with Gasteiger partial charge in [-0.15, -0.1) is 0 Å². The van der Waals surface area contributed by atoms with Gasteiger partial charge in [-0.1, -0.05) is 22.0 Å². The van der Waals surface area contributed by atoms with Crippen molar-refractivity contribution < 1.29 is 0 Å². The molecule has 0 amide bonds. The molecule has 66 valence electrons. The zero-order valence-corrected chi connectivity index (χ0v) is 8.64. The lowest BCUT2D eigenvalue weighted by Crippen LogP contribution is -2.21. The summed E-state index contributed by atoms with van der Waals surface area (Å²) in [5.74, 6) is 0. The molecule has 1 aromatic rings. The molecule has 0 aromatic heterocycles. The summed E-state index contributed by atoms with van der Waals surface area (Å²) in [5, 5.41) is 0. The van der Waals surface area contributed by atoms with Crippen molar-refractivity contribution in [2.45, 2.75) is 13.0 Å². The summed E-state index contributed by atoms with van der Waals surface area (Å²) in [6.07, 6.45) is 0. The monoisotopic (exact) mass is 228 g/mol. The molecule has 0 bridgehead atoms. The SMILES string of the molecule is Cc1cc(Br)ccc1[C@H](N)CN. The minimum atomic E-state index is -0.0434. The number of rotatable bonds is 2. The van der Waals surface area contributed by atoms with E-state index in [2.05, 4.69) is 15.9 Å². The molecule has 0 radical (unpaired) electrons. The van der Waals surface area contributed by atoms with Crippen molar-refractivity contribution in [1.29, 1.82) is 0 Å². The summed E-state index contributed by atoms with van der Waals surface area (Å²) in [7, 11) is 0. The minimum Gasteiger partial charge on any atom is -0.329 e. The molecule has 1 rings (SSSR count). The molecule has 0 spiro atoms. The van der Waals surface area contributed by atoms with Crippen LogP contribution in [0.15, 0.2) is 22.7 Å². The van der Waals surface area contributed by atoms with E-state index >= 15 is 0 Å². The number of benzene rings is 1. The average molecular weight is 229 g/mol. The Bertz CT molecular complexity index is 273. The van der Waals surface area contributed by atoms with Gasteiger partial charge in [-0.3, -0.25) is 0 Å². The summed E-state index contributed by atoms with van der Waals surface area (Å²) in [5.41, 5.74) is 13.6. The largest absolute Gasteiger partial charge is 0.329 e. The highest BCUT2D eigenvalue weighted by molar-refractivity contribution is 9.10. The highest BCUT2D eigenvalue weighted by atomic mass is 79.9. The molecule has 2 nitrogen and oxygen atoms in total. The van der Waals surface area contributed by atoms with E-state index in [4.69, 9.17) is 11.5 Å². The Morgan fingerprint density at radius 3 is 2.67 bits per heavy atom. The number of halogens is 1. The van der Waals surface area contributed by atoms with Crippen molar-refractivity contribution >= 4 is 15.9 Å². The second kappa shape index (κ2) is 4.03. The molecule has 3 heteroatoms. The number of hydrogen-bond donors (Lipinski definition) is 2. The third-order valence-electron chi connectivity index (χ3n) is 1.89. The maximum atomic E-state index is 5.80. The van der Waals surface area contributed by atoms with E-state index in [1.54, 1.807) is 0 Å². The van der Waals surface area contributed by atoms with E-state index in [-0.39, 0.29) is 6.04 Å². The van der Waals surface area contributed by atoms with E-state index in [1.807, 2.05) is 25.1 Å². The summed E-state index contributed by atoms with van der Waals surface area (Å²) in [6, 6.07) is 6.00. The smallest absolute Gasteiger partial charge is 0.0422 e. The molecule has 0 aliphatic heterocycles. The molecule has 1 aromatic carbocycles. The highest BCUT2D eigenvalue weighted by Crippen LogP contribution is 2.19. The first-order valence-electron chi connectivity index (χ1n) is 3.87. The van der Waals surface area contributed by atoms with Gasteiger partial charge in [-0.05, 0) is 30.2 Å². The zero-order chi connectivity index (χ0) is 9.14. The second-order valence-corrected chi connectivity index (χ2v) is 3.76. The van der Waals surface area contributed by atoms with Crippen LogP contribution in [-0.4, -0.2) is 6.54 Å². The molecule has 1 atom stereocenters. The van der Waals surface area contributed by atoms with E-state index in [0.29, 0.717) is 6.54 Å². The van der Waals surface area contributed by atoms with Gasteiger partial charge in [0.2, 0.25) is 0 Å². The lowest BCUT2D eigenvalue weighted by molar-refractivity contribution is 0.731. The maximum absolute atomic E-state index is 5.80. The van der Waals surface area contributed by atoms with Crippen LogP contribution in [0.2, 0.25) is 0 Å². The molecule has 0 fully saturated rings. The molecule has 0 unspecified atom stereocenters. The third-order valence-corrected chi connectivity index (χ3v) is 2.38. The van der Waals surface area contributed by atoms with Crippen LogP contribution < -0.4 is 11.5 Å². The number of hydrogen-bond acceptors (Lipinski definition) is 2. The van der Waals surface area contributed by atoms with Crippen LogP contribution in [0.3, 0.4) is 0 Å². The third kappa shape index (κ3) is 2.06. The Labute approximate surface area is 81.1 Å². The molecule has 0 aliphatic carbocycles. The molecule has 0 aliphatic rings. The van der Waals surface area contributed by atoms with E-state index in [1.165, 1.54) is 5.56 Å². The van der Waals surface area contributed by atoms with Crippen molar-refractivity contribution in [3.63, 3.8) is 0 Å². The topological polar surface area (TPSA) is 52.0 Å². The van der Waals surface area contributed by atoms with Crippen molar-refractivity contribution in [2.75, 3.05) is 6.54 Å². The predicted molar refractivity (Wildman–Crippen MR) is 54.9 cm³/mol. The molecular weight excluding hydrogens is 216 g/mol. The minimum absolute atomic E-state index is 0.0434. The van der Waals surface area contributed by atoms with Gasteiger partial charge in [-0.2, -0.15) is 0 Å². The second-order valence-electron chi connectivity index (χ2n) is 2.84. The first-order chi connectivity index (χ1) is 5.65. The standard InChI is InChI=1S/C9H13BrN2/c1-6-4-7(10)2-3-8(6)9(12)5-11/h2-4,9H,5,11-12H2,1H3/t9-/m1/s1. The van der Waals surface area contributed by atoms with Crippen molar-refractivity contribution in [2.24, 2.45) is 11.5 Å². The van der Waals surface area contributed by atoms with Crippen LogP contribution >= 0.6 is 15.9 Å². The Balaban J connectivity index is 3.01. The van der Waals surface area contributed by atoms with Crippen LogP contribution in [0.5, 0.6) is 0 Å². The Morgan fingerprint density at radius 1 is 1.50 bits per heavy atom. The first-order valence-corrected chi connectivity index (χ1v) is 4.66. The summed E-state index contributed by atoms with van der Waals surface area (Å²) in [4.78, 5) is 0. The van der Waals surface area contributed by atoms with Crippen LogP contribution in [-0.2, 0) is 0 Å². The van der Waals surface area contributed by atoms with Crippen LogP contribution in [0.25, 0.3) is 0 Å². The molecule has 0 saturated heterocycles. The normalized spacial score (nSPS) is 13.0. The fraction of sp³-hybridized carbons (Fsp3) is 0.333. The number of nitrogens with two attached hydrogens (primary N) is 2. The van der Waals surface area contributed by atoms with Gasteiger partial charge in [0.15, 0.2) is 0 Å². The van der Waals surface area contributed by atoms with Crippen molar-refractivity contribution in [3.8, 4) is 0 Å². The lowest BCUT2D eigenvalue weighted by Gasteiger charge is -2.12. The predicted octanol–water partition coefficient (Wildman–Crippen LogP) is 1.72. The van der Waals surface area contributed by atoms with Crippen LogP contribution in [0, 0.1) is 6.92 Å². The summed E-state index contributed by atoms with van der Waals surface area (Å²) >= 11 is 3.40. The Morgan fingerprint density at radius 2 is 2.17 bits per heavy atom. The average Bonchev–Trinajstić information content (AvgIpc) is 2.03. The van der Waals surface area contributed by atoms with Gasteiger partial charge in [0.1, 0.15) is 0 Å². The summed E-state index contributed by atoms with van der Waals surface area (Å²) in [6.45, 7) is 2.53. The van der Waals surface area contributed by atoms with Gasteiger partial charge < -0.3 is 11.5 Å². The Hall–Kier alpha value is -0.380. The molecule has 0 saturated carbocycles. The summed E-state index contributed by atoms with van der Waals surface area (Å²) < 4.78 is 1.08. The quantitative estimate of drug-likeness (QED) is 0.811. The number of aryl methyl sites for hydroxylation is 1. The zero-order valence-electron chi connectivity index (χ0n) is 7.05. The molecule has 4 N–H and O–H groups in total. The van der Waals surface area contributed by atoms with Crippen molar-refractivity contribution in [3.05, 3.63) is 33.8 Å². The molecule has 0 heterocycles. The van der Waals surface area contributed by atoms with Crippen LogP contribution in [0.4, 0.5) is 0 Å². The van der Waals surface area contributed by atoms with E-state index < -0.39 is 0 Å². The van der Waals surface area contributed by atoms with Gasteiger partial charge in [0, 0.05) is 17.1 Å². The fourth-order valence-electron chi connectivity index (χ4n) is 1.18.